The number of hydrogen-bond donors (Lipinski definition) is 0. The lowest BCUT2D eigenvalue weighted by atomic mass is 10.1. The van der Waals surface area contributed by atoms with E-state index in [1.54, 1.807) is 11.8 Å². The van der Waals surface area contributed by atoms with Crippen LogP contribution in [0.25, 0.3) is 17.0 Å². The van der Waals surface area contributed by atoms with Crippen LogP contribution in [0.2, 0.25) is 0 Å². The van der Waals surface area contributed by atoms with E-state index in [0.717, 1.165) is 35.9 Å². The highest BCUT2D eigenvalue weighted by Crippen LogP contribution is 2.35. The van der Waals surface area contributed by atoms with Gasteiger partial charge >= 0.3 is 5.97 Å². The van der Waals surface area contributed by atoms with Crippen LogP contribution in [-0.2, 0) is 25.6 Å². The molecule has 0 radical (unpaired) electrons. The first-order valence-corrected chi connectivity index (χ1v) is 10.9. The molecular formula is C21H22N2O4S2. The molecule has 1 aromatic heterocycles. The summed E-state index contributed by atoms with van der Waals surface area (Å²) in [7, 11) is 0. The number of nitrogens with zero attached hydrogens (tertiary/aromatic N) is 2. The second kappa shape index (κ2) is 8.69. The first kappa shape index (κ1) is 20.1. The topological polar surface area (TPSA) is 60.8 Å². The fourth-order valence-corrected chi connectivity index (χ4v) is 4.92. The van der Waals surface area contributed by atoms with Crippen LogP contribution in [0.4, 0.5) is 0 Å². The Morgan fingerprint density at radius 1 is 1.41 bits per heavy atom. The van der Waals surface area contributed by atoms with E-state index in [4.69, 9.17) is 21.7 Å². The maximum Gasteiger partial charge on any atom is 0.325 e. The number of thioether (sulfide) groups is 1. The Bertz CT molecular complexity index is 992. The Morgan fingerprint density at radius 2 is 2.24 bits per heavy atom. The summed E-state index contributed by atoms with van der Waals surface area (Å²) in [5.74, 6) is -0.375. The molecule has 2 aliphatic rings. The molecule has 29 heavy (non-hydrogen) atoms. The summed E-state index contributed by atoms with van der Waals surface area (Å²) in [6.07, 6.45) is 5.78. The maximum atomic E-state index is 12.9. The summed E-state index contributed by atoms with van der Waals surface area (Å²) in [6.45, 7) is 3.51. The molecule has 1 atom stereocenters. The van der Waals surface area contributed by atoms with Crippen molar-refractivity contribution < 1.29 is 19.1 Å². The fraction of sp³-hybridized carbons (Fsp3) is 0.381. The molecule has 152 valence electrons. The number of carbonyl (C=O) groups is 2. The predicted octanol–water partition coefficient (Wildman–Crippen LogP) is 3.58. The molecule has 4 rings (SSSR count). The Labute approximate surface area is 178 Å². The number of ether oxygens (including phenoxy) is 2. The molecule has 0 bridgehead atoms. The summed E-state index contributed by atoms with van der Waals surface area (Å²) in [6, 6.07) is 7.80. The van der Waals surface area contributed by atoms with Gasteiger partial charge in [0.25, 0.3) is 5.91 Å². The van der Waals surface area contributed by atoms with Crippen LogP contribution in [0.5, 0.6) is 0 Å². The van der Waals surface area contributed by atoms with Crippen molar-refractivity contribution in [2.75, 3.05) is 19.8 Å². The molecule has 1 aromatic carbocycles. The lowest BCUT2D eigenvalue weighted by Crippen LogP contribution is -2.35. The summed E-state index contributed by atoms with van der Waals surface area (Å²) in [5.41, 5.74) is 1.80. The average Bonchev–Trinajstić information content (AvgIpc) is 3.39. The van der Waals surface area contributed by atoms with Gasteiger partial charge in [0, 0.05) is 29.3 Å². The van der Waals surface area contributed by atoms with Crippen LogP contribution in [0, 0.1) is 0 Å². The molecule has 3 heterocycles. The summed E-state index contributed by atoms with van der Waals surface area (Å²) in [5, 5.41) is 0.973. The number of benzene rings is 1. The van der Waals surface area contributed by atoms with Gasteiger partial charge in [0.1, 0.15) is 10.9 Å². The SMILES string of the molecule is CCOC(=O)Cn1cc(/C=C2\SC(=S)N(C[C@H]3CCCO3)C2=O)c2ccccc21. The number of fused-ring (bicyclic) bond motifs is 1. The Morgan fingerprint density at radius 3 is 3.00 bits per heavy atom. The quantitative estimate of drug-likeness (QED) is 0.397. The van der Waals surface area contributed by atoms with E-state index in [1.165, 1.54) is 11.8 Å². The summed E-state index contributed by atoms with van der Waals surface area (Å²) in [4.78, 5) is 27.1. The number of esters is 1. The Balaban J connectivity index is 1.61. The molecule has 1 amide bonds. The van der Waals surface area contributed by atoms with E-state index >= 15 is 0 Å². The lowest BCUT2D eigenvalue weighted by molar-refractivity contribution is -0.143. The average molecular weight is 431 g/mol. The molecule has 0 N–H and O–H groups in total. The summed E-state index contributed by atoms with van der Waals surface area (Å²) >= 11 is 6.75. The minimum absolute atomic E-state index is 0.0586. The normalized spacial score (nSPS) is 20.9. The van der Waals surface area contributed by atoms with Crippen molar-refractivity contribution in [2.24, 2.45) is 0 Å². The van der Waals surface area contributed by atoms with Gasteiger partial charge in [-0.05, 0) is 31.9 Å². The summed E-state index contributed by atoms with van der Waals surface area (Å²) < 4.78 is 13.1. The van der Waals surface area contributed by atoms with Gasteiger partial charge in [-0.1, -0.05) is 42.2 Å². The molecule has 2 aromatic rings. The molecule has 2 aliphatic heterocycles. The van der Waals surface area contributed by atoms with Crippen molar-refractivity contribution in [3.8, 4) is 0 Å². The molecular weight excluding hydrogens is 408 g/mol. The van der Waals surface area contributed by atoms with Gasteiger partial charge in [-0.2, -0.15) is 0 Å². The molecule has 2 saturated heterocycles. The highest BCUT2D eigenvalue weighted by molar-refractivity contribution is 8.26. The molecule has 8 heteroatoms. The fourth-order valence-electron chi connectivity index (χ4n) is 3.66. The highest BCUT2D eigenvalue weighted by atomic mass is 32.2. The van der Waals surface area contributed by atoms with Gasteiger partial charge in [0.2, 0.25) is 0 Å². The molecule has 0 aliphatic carbocycles. The smallest absolute Gasteiger partial charge is 0.325 e. The molecule has 2 fully saturated rings. The maximum absolute atomic E-state index is 12.9. The molecule has 0 spiro atoms. The number of carbonyl (C=O) groups excluding carboxylic acids is 2. The van der Waals surface area contributed by atoms with Gasteiger partial charge in [0.15, 0.2) is 0 Å². The first-order valence-electron chi connectivity index (χ1n) is 9.67. The third kappa shape index (κ3) is 4.24. The number of aromatic nitrogens is 1. The lowest BCUT2D eigenvalue weighted by Gasteiger charge is -2.18. The second-order valence-corrected chi connectivity index (χ2v) is 8.64. The van der Waals surface area contributed by atoms with Crippen LogP contribution >= 0.6 is 24.0 Å². The minimum atomic E-state index is -0.289. The standard InChI is InChI=1S/C21H22N2O4S2/c1-2-26-19(24)13-22-11-14(16-7-3-4-8-17(16)22)10-18-20(25)23(21(28)29-18)12-15-6-5-9-27-15/h3-4,7-8,10-11,15H,2,5-6,9,12-13H2,1H3/b18-10-/t15-/m1/s1. The number of para-hydroxylation sites is 1. The highest BCUT2D eigenvalue weighted by Gasteiger charge is 2.34. The number of rotatable bonds is 6. The van der Waals surface area contributed by atoms with E-state index in [2.05, 4.69) is 0 Å². The van der Waals surface area contributed by atoms with Crippen molar-refractivity contribution in [2.45, 2.75) is 32.4 Å². The number of amides is 1. The van der Waals surface area contributed by atoms with E-state index in [0.29, 0.717) is 22.4 Å². The van der Waals surface area contributed by atoms with Crippen LogP contribution < -0.4 is 0 Å². The Kier molecular flexibility index (Phi) is 6.03. The second-order valence-electron chi connectivity index (χ2n) is 6.96. The van der Waals surface area contributed by atoms with Gasteiger partial charge in [-0.15, -0.1) is 0 Å². The van der Waals surface area contributed by atoms with E-state index in [-0.39, 0.29) is 24.5 Å². The minimum Gasteiger partial charge on any atom is -0.465 e. The van der Waals surface area contributed by atoms with Gasteiger partial charge < -0.3 is 14.0 Å². The number of hydrogen-bond acceptors (Lipinski definition) is 6. The Hall–Kier alpha value is -2.16. The van der Waals surface area contributed by atoms with Gasteiger partial charge in [-0.25, -0.2) is 0 Å². The van der Waals surface area contributed by atoms with Crippen LogP contribution in [0.15, 0.2) is 35.4 Å². The van der Waals surface area contributed by atoms with Crippen molar-refractivity contribution in [3.05, 3.63) is 40.9 Å². The van der Waals surface area contributed by atoms with Crippen LogP contribution in [0.3, 0.4) is 0 Å². The zero-order valence-electron chi connectivity index (χ0n) is 16.1. The third-order valence-corrected chi connectivity index (χ3v) is 6.37. The van der Waals surface area contributed by atoms with E-state index < -0.39 is 0 Å². The van der Waals surface area contributed by atoms with E-state index in [9.17, 15) is 9.59 Å². The molecule has 0 unspecified atom stereocenters. The van der Waals surface area contributed by atoms with Crippen molar-refractivity contribution in [3.63, 3.8) is 0 Å². The predicted molar refractivity (Wildman–Crippen MR) is 117 cm³/mol. The van der Waals surface area contributed by atoms with Gasteiger partial charge in [0.05, 0.1) is 24.2 Å². The number of thiocarbonyl (C=S) groups is 1. The monoisotopic (exact) mass is 430 g/mol. The zero-order valence-corrected chi connectivity index (χ0v) is 17.8. The largest absolute Gasteiger partial charge is 0.465 e. The first-order chi connectivity index (χ1) is 14.1. The molecule has 0 saturated carbocycles. The third-order valence-electron chi connectivity index (χ3n) is 4.99. The van der Waals surface area contributed by atoms with Crippen LogP contribution in [-0.4, -0.2) is 51.5 Å². The zero-order chi connectivity index (χ0) is 20.4. The molecule has 6 nitrogen and oxygen atoms in total. The van der Waals surface area contributed by atoms with Crippen molar-refractivity contribution in [1.82, 2.24) is 9.47 Å². The van der Waals surface area contributed by atoms with Gasteiger partial charge in [-0.3, -0.25) is 14.5 Å². The van der Waals surface area contributed by atoms with Crippen molar-refractivity contribution >= 4 is 57.2 Å². The van der Waals surface area contributed by atoms with Crippen LogP contribution in [0.1, 0.15) is 25.3 Å². The van der Waals surface area contributed by atoms with E-state index in [1.807, 2.05) is 41.1 Å². The van der Waals surface area contributed by atoms with Crippen molar-refractivity contribution in [1.29, 1.82) is 0 Å².